The van der Waals surface area contributed by atoms with Crippen molar-refractivity contribution >= 4 is 11.6 Å². The van der Waals surface area contributed by atoms with Crippen LogP contribution < -0.4 is 5.32 Å². The zero-order valence-corrected chi connectivity index (χ0v) is 9.09. The molecule has 2 nitrogen and oxygen atoms in total. The molecule has 1 atom stereocenters. The molecular formula is C11H16ClNO. The molecule has 78 valence electrons. The van der Waals surface area contributed by atoms with Crippen LogP contribution in [0.1, 0.15) is 24.9 Å². The van der Waals surface area contributed by atoms with Gasteiger partial charge in [-0.25, -0.2) is 0 Å². The van der Waals surface area contributed by atoms with E-state index in [9.17, 15) is 0 Å². The molecule has 0 aromatic heterocycles. The number of halogens is 1. The minimum atomic E-state index is 0.171. The monoisotopic (exact) mass is 213 g/mol. The topological polar surface area (TPSA) is 32.3 Å². The van der Waals surface area contributed by atoms with E-state index in [-0.39, 0.29) is 6.61 Å². The molecule has 0 amide bonds. The second-order valence-corrected chi connectivity index (χ2v) is 3.63. The van der Waals surface area contributed by atoms with Crippen LogP contribution in [-0.2, 0) is 0 Å². The summed E-state index contributed by atoms with van der Waals surface area (Å²) in [6.07, 6.45) is 1.00. The highest BCUT2D eigenvalue weighted by atomic mass is 35.5. The van der Waals surface area contributed by atoms with Crippen LogP contribution in [0.5, 0.6) is 0 Å². The Morgan fingerprint density at radius 1 is 1.36 bits per heavy atom. The molecule has 1 aromatic rings. The van der Waals surface area contributed by atoms with Crippen LogP contribution >= 0.6 is 11.6 Å². The average molecular weight is 214 g/mol. The Balaban J connectivity index is 2.64. The number of nitrogens with one attached hydrogen (secondary N) is 1. The predicted molar refractivity (Wildman–Crippen MR) is 59.6 cm³/mol. The molecule has 0 radical (unpaired) electrons. The Bertz CT molecular complexity index is 260. The Labute approximate surface area is 89.9 Å². The van der Waals surface area contributed by atoms with Gasteiger partial charge in [0.1, 0.15) is 0 Å². The third-order valence-electron chi connectivity index (χ3n) is 2.18. The first kappa shape index (κ1) is 11.5. The summed E-state index contributed by atoms with van der Waals surface area (Å²) in [4.78, 5) is 0. The van der Waals surface area contributed by atoms with Gasteiger partial charge < -0.3 is 10.4 Å². The summed E-state index contributed by atoms with van der Waals surface area (Å²) >= 11 is 5.80. The lowest BCUT2D eigenvalue weighted by Gasteiger charge is -2.16. The van der Waals surface area contributed by atoms with E-state index in [0.717, 1.165) is 11.4 Å². The fourth-order valence-electron chi connectivity index (χ4n) is 1.43. The Morgan fingerprint density at radius 3 is 2.50 bits per heavy atom. The Morgan fingerprint density at radius 2 is 2.00 bits per heavy atom. The van der Waals surface area contributed by atoms with Gasteiger partial charge in [0.05, 0.1) is 6.61 Å². The summed E-state index contributed by atoms with van der Waals surface area (Å²) in [7, 11) is 0. The van der Waals surface area contributed by atoms with Crippen molar-refractivity contribution in [3.63, 3.8) is 0 Å². The molecule has 0 aliphatic rings. The van der Waals surface area contributed by atoms with Crippen molar-refractivity contribution in [3.05, 3.63) is 34.9 Å². The second kappa shape index (κ2) is 6.02. The van der Waals surface area contributed by atoms with E-state index in [1.807, 2.05) is 24.3 Å². The normalized spacial score (nSPS) is 12.8. The van der Waals surface area contributed by atoms with Gasteiger partial charge in [-0.05, 0) is 24.1 Å². The summed E-state index contributed by atoms with van der Waals surface area (Å²) in [5, 5.41) is 12.7. The van der Waals surface area contributed by atoms with Crippen molar-refractivity contribution in [2.45, 2.75) is 19.4 Å². The SMILES string of the molecule is CC[C@H](NCCO)c1ccc(Cl)cc1. The Kier molecular flexibility index (Phi) is 4.94. The van der Waals surface area contributed by atoms with Crippen LogP contribution in [0.4, 0.5) is 0 Å². The molecule has 0 aliphatic carbocycles. The van der Waals surface area contributed by atoms with Crippen molar-refractivity contribution in [2.75, 3.05) is 13.2 Å². The van der Waals surface area contributed by atoms with E-state index >= 15 is 0 Å². The standard InChI is InChI=1S/C11H16ClNO/c1-2-11(13-7-8-14)9-3-5-10(12)6-4-9/h3-6,11,13-14H,2,7-8H2,1H3/t11-/m0/s1. The van der Waals surface area contributed by atoms with E-state index in [1.165, 1.54) is 5.56 Å². The lowest BCUT2D eigenvalue weighted by Crippen LogP contribution is -2.23. The second-order valence-electron chi connectivity index (χ2n) is 3.19. The molecule has 0 saturated carbocycles. The number of hydrogen-bond acceptors (Lipinski definition) is 2. The van der Waals surface area contributed by atoms with Gasteiger partial charge in [-0.3, -0.25) is 0 Å². The largest absolute Gasteiger partial charge is 0.395 e. The number of aliphatic hydroxyl groups is 1. The summed E-state index contributed by atoms with van der Waals surface area (Å²) in [5.41, 5.74) is 1.21. The highest BCUT2D eigenvalue weighted by Gasteiger charge is 2.06. The molecular weight excluding hydrogens is 198 g/mol. The minimum Gasteiger partial charge on any atom is -0.395 e. The molecule has 14 heavy (non-hydrogen) atoms. The maximum Gasteiger partial charge on any atom is 0.0556 e. The molecule has 0 spiro atoms. The fraction of sp³-hybridized carbons (Fsp3) is 0.455. The Hall–Kier alpha value is -0.570. The van der Waals surface area contributed by atoms with Crippen LogP contribution in [0.15, 0.2) is 24.3 Å². The van der Waals surface area contributed by atoms with Gasteiger partial charge in [0.2, 0.25) is 0 Å². The summed E-state index contributed by atoms with van der Waals surface area (Å²) in [6, 6.07) is 8.11. The first-order chi connectivity index (χ1) is 6.77. The molecule has 0 unspecified atom stereocenters. The molecule has 2 N–H and O–H groups in total. The van der Waals surface area contributed by atoms with Crippen molar-refractivity contribution in [1.29, 1.82) is 0 Å². The summed E-state index contributed by atoms with van der Waals surface area (Å²) in [5.74, 6) is 0. The first-order valence-electron chi connectivity index (χ1n) is 4.87. The van der Waals surface area contributed by atoms with Crippen molar-refractivity contribution in [1.82, 2.24) is 5.32 Å². The highest BCUT2D eigenvalue weighted by Crippen LogP contribution is 2.18. The number of aliphatic hydroxyl groups excluding tert-OH is 1. The van der Waals surface area contributed by atoms with E-state index in [2.05, 4.69) is 12.2 Å². The van der Waals surface area contributed by atoms with Crippen LogP contribution in [0.3, 0.4) is 0 Å². The number of rotatable bonds is 5. The molecule has 0 heterocycles. The maximum atomic E-state index is 8.72. The molecule has 0 saturated heterocycles. The zero-order valence-electron chi connectivity index (χ0n) is 8.33. The molecule has 1 aromatic carbocycles. The van der Waals surface area contributed by atoms with Crippen LogP contribution in [-0.4, -0.2) is 18.3 Å². The van der Waals surface area contributed by atoms with Crippen LogP contribution in [0.25, 0.3) is 0 Å². The van der Waals surface area contributed by atoms with Gasteiger partial charge in [-0.2, -0.15) is 0 Å². The van der Waals surface area contributed by atoms with E-state index in [1.54, 1.807) is 0 Å². The molecule has 0 fully saturated rings. The maximum absolute atomic E-state index is 8.72. The minimum absolute atomic E-state index is 0.171. The van der Waals surface area contributed by atoms with Crippen molar-refractivity contribution < 1.29 is 5.11 Å². The number of hydrogen-bond donors (Lipinski definition) is 2. The average Bonchev–Trinajstić information content (AvgIpc) is 2.21. The van der Waals surface area contributed by atoms with Crippen molar-refractivity contribution in [2.24, 2.45) is 0 Å². The summed E-state index contributed by atoms with van der Waals surface area (Å²) < 4.78 is 0. The quantitative estimate of drug-likeness (QED) is 0.787. The van der Waals surface area contributed by atoms with Gasteiger partial charge in [-0.15, -0.1) is 0 Å². The van der Waals surface area contributed by atoms with Gasteiger partial charge in [0.25, 0.3) is 0 Å². The van der Waals surface area contributed by atoms with Crippen LogP contribution in [0, 0.1) is 0 Å². The van der Waals surface area contributed by atoms with Crippen LogP contribution in [0.2, 0.25) is 5.02 Å². The molecule has 1 rings (SSSR count). The van der Waals surface area contributed by atoms with Gasteiger partial charge in [-0.1, -0.05) is 30.7 Å². The smallest absolute Gasteiger partial charge is 0.0556 e. The third-order valence-corrected chi connectivity index (χ3v) is 2.44. The lowest BCUT2D eigenvalue weighted by molar-refractivity contribution is 0.283. The highest BCUT2D eigenvalue weighted by molar-refractivity contribution is 6.30. The molecule has 0 aliphatic heterocycles. The number of benzene rings is 1. The molecule has 3 heteroatoms. The van der Waals surface area contributed by atoms with Gasteiger partial charge in [0, 0.05) is 17.6 Å². The zero-order chi connectivity index (χ0) is 10.4. The van der Waals surface area contributed by atoms with E-state index in [0.29, 0.717) is 12.6 Å². The fourth-order valence-corrected chi connectivity index (χ4v) is 1.56. The van der Waals surface area contributed by atoms with Gasteiger partial charge in [0.15, 0.2) is 0 Å². The lowest BCUT2D eigenvalue weighted by atomic mass is 10.0. The predicted octanol–water partition coefficient (Wildman–Crippen LogP) is 2.37. The van der Waals surface area contributed by atoms with E-state index < -0.39 is 0 Å². The summed E-state index contributed by atoms with van der Waals surface area (Å²) in [6.45, 7) is 2.91. The van der Waals surface area contributed by atoms with Crippen molar-refractivity contribution in [3.8, 4) is 0 Å². The third kappa shape index (κ3) is 3.29. The first-order valence-corrected chi connectivity index (χ1v) is 5.25. The molecule has 0 bridgehead atoms. The van der Waals surface area contributed by atoms with Gasteiger partial charge >= 0.3 is 0 Å². The van der Waals surface area contributed by atoms with E-state index in [4.69, 9.17) is 16.7 Å².